The molecule has 1 heterocycles. The highest BCUT2D eigenvalue weighted by Gasteiger charge is 2.06. The third-order valence-electron chi connectivity index (χ3n) is 2.10. The average Bonchev–Trinajstić information content (AvgIpc) is 2.68. The number of hydrogen-bond acceptors (Lipinski definition) is 4. The van der Waals surface area contributed by atoms with Gasteiger partial charge < -0.3 is 4.90 Å². The van der Waals surface area contributed by atoms with Crippen LogP contribution < -0.4 is 4.90 Å². The van der Waals surface area contributed by atoms with Crippen LogP contribution in [0.5, 0.6) is 0 Å². The zero-order valence-corrected chi connectivity index (χ0v) is 10.2. The first kappa shape index (κ1) is 11.9. The number of thiazole rings is 1. The monoisotopic (exact) mass is 224 g/mol. The van der Waals surface area contributed by atoms with Crippen molar-refractivity contribution in [1.29, 1.82) is 0 Å². The van der Waals surface area contributed by atoms with E-state index in [2.05, 4.69) is 23.7 Å². The van der Waals surface area contributed by atoms with Crippen molar-refractivity contribution in [3.05, 3.63) is 16.6 Å². The van der Waals surface area contributed by atoms with Gasteiger partial charge in [0, 0.05) is 24.2 Å². The Hall–Kier alpha value is -1.16. The Balaban J connectivity index is 2.84. The Labute approximate surface area is 94.4 Å². The Morgan fingerprint density at radius 1 is 1.53 bits per heavy atom. The summed E-state index contributed by atoms with van der Waals surface area (Å²) in [6, 6.07) is 0. The van der Waals surface area contributed by atoms with Gasteiger partial charge in [0.2, 0.25) is 0 Å². The fraction of sp³-hybridized carbons (Fsp3) is 0.455. The van der Waals surface area contributed by atoms with Gasteiger partial charge in [-0.3, -0.25) is 4.79 Å². The summed E-state index contributed by atoms with van der Waals surface area (Å²) in [5.74, 6) is 0. The van der Waals surface area contributed by atoms with Gasteiger partial charge in [-0.2, -0.15) is 0 Å². The number of nitrogens with zero attached hydrogens (tertiary/aromatic N) is 2. The molecule has 15 heavy (non-hydrogen) atoms. The van der Waals surface area contributed by atoms with E-state index in [-0.39, 0.29) is 0 Å². The Bertz CT molecular complexity index is 353. The van der Waals surface area contributed by atoms with Crippen molar-refractivity contribution in [2.24, 2.45) is 0 Å². The second-order valence-corrected chi connectivity index (χ2v) is 4.26. The van der Waals surface area contributed by atoms with Gasteiger partial charge in [0.25, 0.3) is 0 Å². The number of carbonyl (C=O) groups is 1. The Kier molecular flexibility index (Phi) is 4.49. The topological polar surface area (TPSA) is 33.2 Å². The van der Waals surface area contributed by atoms with E-state index in [1.165, 1.54) is 0 Å². The van der Waals surface area contributed by atoms with E-state index in [4.69, 9.17) is 0 Å². The van der Waals surface area contributed by atoms with Crippen molar-refractivity contribution >= 4 is 28.8 Å². The van der Waals surface area contributed by atoms with Gasteiger partial charge in [0.05, 0.1) is 0 Å². The molecule has 0 saturated carbocycles. The number of allylic oxidation sites excluding steroid dienone is 1. The molecule has 0 unspecified atom stereocenters. The number of aldehydes is 1. The highest BCUT2D eigenvalue weighted by atomic mass is 32.1. The van der Waals surface area contributed by atoms with Crippen LogP contribution in [0.2, 0.25) is 0 Å². The molecule has 0 amide bonds. The Morgan fingerprint density at radius 3 is 2.73 bits per heavy atom. The predicted octanol–water partition coefficient (Wildman–Crippen LogP) is 2.59. The second-order valence-electron chi connectivity index (χ2n) is 3.22. The zero-order chi connectivity index (χ0) is 11.3. The summed E-state index contributed by atoms with van der Waals surface area (Å²) in [7, 11) is 0. The lowest BCUT2D eigenvalue weighted by Crippen LogP contribution is -2.21. The predicted molar refractivity (Wildman–Crippen MR) is 65.4 cm³/mol. The summed E-state index contributed by atoms with van der Waals surface area (Å²) in [6.07, 6.45) is 4.53. The lowest BCUT2D eigenvalue weighted by molar-refractivity contribution is -0.104. The van der Waals surface area contributed by atoms with Gasteiger partial charge in [-0.15, -0.1) is 0 Å². The first-order valence-corrected chi connectivity index (χ1v) is 5.87. The van der Waals surface area contributed by atoms with E-state index in [0.717, 1.165) is 35.0 Å². The molecule has 0 bridgehead atoms. The maximum atomic E-state index is 10.5. The van der Waals surface area contributed by atoms with Crippen LogP contribution >= 0.6 is 11.3 Å². The molecule has 1 rings (SSSR count). The minimum absolute atomic E-state index is 0.727. The molecule has 0 aliphatic rings. The second kappa shape index (κ2) is 5.66. The van der Waals surface area contributed by atoms with Gasteiger partial charge in [0.15, 0.2) is 5.13 Å². The number of aromatic nitrogens is 1. The molecule has 1 aromatic heterocycles. The van der Waals surface area contributed by atoms with Crippen molar-refractivity contribution in [2.45, 2.75) is 20.8 Å². The van der Waals surface area contributed by atoms with Gasteiger partial charge in [-0.25, -0.2) is 4.98 Å². The van der Waals surface area contributed by atoms with Crippen LogP contribution in [0.3, 0.4) is 0 Å². The summed E-state index contributed by atoms with van der Waals surface area (Å²) in [5.41, 5.74) is 0.727. The molecule has 0 saturated heterocycles. The maximum Gasteiger partial charge on any atom is 0.185 e. The molecule has 0 aromatic carbocycles. The fourth-order valence-electron chi connectivity index (χ4n) is 1.24. The summed E-state index contributed by atoms with van der Waals surface area (Å²) in [6.45, 7) is 7.93. The minimum Gasteiger partial charge on any atom is -0.349 e. The number of rotatable bonds is 5. The van der Waals surface area contributed by atoms with Crippen LogP contribution in [0.4, 0.5) is 5.13 Å². The highest BCUT2D eigenvalue weighted by Crippen LogP contribution is 2.23. The van der Waals surface area contributed by atoms with Gasteiger partial charge >= 0.3 is 0 Å². The Morgan fingerprint density at radius 2 is 2.20 bits per heavy atom. The van der Waals surface area contributed by atoms with Crippen molar-refractivity contribution < 1.29 is 4.79 Å². The van der Waals surface area contributed by atoms with Gasteiger partial charge in [0.1, 0.15) is 6.29 Å². The van der Waals surface area contributed by atoms with Crippen LogP contribution in [0, 0.1) is 0 Å². The number of hydrogen-bond donors (Lipinski definition) is 0. The van der Waals surface area contributed by atoms with Crippen LogP contribution in [-0.4, -0.2) is 24.4 Å². The molecule has 0 aliphatic carbocycles. The molecule has 3 nitrogen and oxygen atoms in total. The highest BCUT2D eigenvalue weighted by molar-refractivity contribution is 7.16. The first-order valence-electron chi connectivity index (χ1n) is 5.05. The van der Waals surface area contributed by atoms with Crippen LogP contribution in [0.25, 0.3) is 6.08 Å². The van der Waals surface area contributed by atoms with E-state index in [0.29, 0.717) is 0 Å². The van der Waals surface area contributed by atoms with Crippen LogP contribution in [0.1, 0.15) is 25.6 Å². The van der Waals surface area contributed by atoms with E-state index in [1.807, 2.05) is 12.3 Å². The summed E-state index contributed by atoms with van der Waals surface area (Å²) >= 11 is 1.61. The SMILES string of the molecule is CCN(CC)c1ncc(C=C(C)C=O)s1. The van der Waals surface area contributed by atoms with Crippen molar-refractivity contribution in [3.8, 4) is 0 Å². The molecule has 0 aliphatic heterocycles. The molecule has 4 heteroatoms. The standard InChI is InChI=1S/C11H16N2OS/c1-4-13(5-2)11-12-7-10(15-11)6-9(3)8-14/h6-8H,4-5H2,1-3H3. The molecule has 0 radical (unpaired) electrons. The average molecular weight is 224 g/mol. The third-order valence-corrected chi connectivity index (χ3v) is 3.11. The summed E-state index contributed by atoms with van der Waals surface area (Å²) in [5, 5.41) is 1.02. The molecule has 82 valence electrons. The van der Waals surface area contributed by atoms with Gasteiger partial charge in [-0.05, 0) is 32.4 Å². The van der Waals surface area contributed by atoms with Crippen molar-refractivity contribution in [2.75, 3.05) is 18.0 Å². The summed E-state index contributed by atoms with van der Waals surface area (Å²) in [4.78, 5) is 18.0. The lowest BCUT2D eigenvalue weighted by atomic mass is 10.3. The third kappa shape index (κ3) is 3.16. The largest absolute Gasteiger partial charge is 0.349 e. The minimum atomic E-state index is 0.727. The van der Waals surface area contributed by atoms with Gasteiger partial charge in [-0.1, -0.05) is 11.3 Å². The number of anilines is 1. The van der Waals surface area contributed by atoms with E-state index in [9.17, 15) is 4.79 Å². The molecular weight excluding hydrogens is 208 g/mol. The zero-order valence-electron chi connectivity index (χ0n) is 9.36. The van der Waals surface area contributed by atoms with Crippen molar-refractivity contribution in [1.82, 2.24) is 4.98 Å². The molecule has 1 aromatic rings. The van der Waals surface area contributed by atoms with E-state index in [1.54, 1.807) is 18.3 Å². The van der Waals surface area contributed by atoms with Crippen LogP contribution in [-0.2, 0) is 4.79 Å². The normalized spacial score (nSPS) is 11.5. The van der Waals surface area contributed by atoms with Crippen molar-refractivity contribution in [3.63, 3.8) is 0 Å². The fourth-order valence-corrected chi connectivity index (χ4v) is 2.30. The quantitative estimate of drug-likeness (QED) is 0.569. The number of carbonyl (C=O) groups excluding carboxylic acids is 1. The van der Waals surface area contributed by atoms with E-state index < -0.39 is 0 Å². The summed E-state index contributed by atoms with van der Waals surface area (Å²) < 4.78 is 0. The first-order chi connectivity index (χ1) is 7.21. The van der Waals surface area contributed by atoms with Crippen LogP contribution in [0.15, 0.2) is 11.8 Å². The molecule has 0 spiro atoms. The maximum absolute atomic E-state index is 10.5. The molecule has 0 atom stereocenters. The molecular formula is C11H16N2OS. The van der Waals surface area contributed by atoms with E-state index >= 15 is 0 Å². The lowest BCUT2D eigenvalue weighted by Gasteiger charge is -2.16. The molecule has 0 N–H and O–H groups in total. The smallest absolute Gasteiger partial charge is 0.185 e. The molecule has 0 fully saturated rings.